The summed E-state index contributed by atoms with van der Waals surface area (Å²) in [6.45, 7) is 0. The third-order valence-corrected chi connectivity index (χ3v) is 2.33. The minimum atomic E-state index is 0.601. The van der Waals surface area contributed by atoms with Crippen LogP contribution in [0.2, 0.25) is 0 Å². The normalized spacial score (nSPS) is 9.81. The van der Waals surface area contributed by atoms with Crippen molar-refractivity contribution in [2.45, 2.75) is 0 Å². The second kappa shape index (κ2) is 4.57. The monoisotopic (exact) mass is 213 g/mol. The fraction of sp³-hybridized carbons (Fsp3) is 0.0769. The van der Waals surface area contributed by atoms with Gasteiger partial charge < -0.3 is 4.74 Å². The number of carbonyl (C=O) groups excluding carboxylic acids is 1. The Morgan fingerprint density at radius 3 is 2.81 bits per heavy atom. The number of aromatic nitrogens is 1. The summed E-state index contributed by atoms with van der Waals surface area (Å²) in [4.78, 5) is 14.7. The maximum Gasteiger partial charge on any atom is 0.150 e. The molecule has 1 aromatic carbocycles. The molecular weight excluding hydrogens is 202 g/mol. The molecule has 0 N–H and O–H groups in total. The Balaban J connectivity index is 2.53. The van der Waals surface area contributed by atoms with Gasteiger partial charge in [0.2, 0.25) is 0 Å². The van der Waals surface area contributed by atoms with Gasteiger partial charge in [-0.2, -0.15) is 0 Å². The van der Waals surface area contributed by atoms with Gasteiger partial charge in [-0.25, -0.2) is 0 Å². The van der Waals surface area contributed by atoms with Crippen LogP contribution < -0.4 is 4.74 Å². The van der Waals surface area contributed by atoms with Gasteiger partial charge in [0, 0.05) is 29.1 Å². The highest BCUT2D eigenvalue weighted by molar-refractivity contribution is 5.80. The zero-order chi connectivity index (χ0) is 11.4. The maximum atomic E-state index is 10.7. The van der Waals surface area contributed by atoms with E-state index in [4.69, 9.17) is 4.74 Å². The zero-order valence-electron chi connectivity index (χ0n) is 8.88. The van der Waals surface area contributed by atoms with Gasteiger partial charge in [0.05, 0.1) is 7.11 Å². The molecule has 0 spiro atoms. The first kappa shape index (κ1) is 10.4. The molecule has 0 unspecified atom stereocenters. The van der Waals surface area contributed by atoms with Gasteiger partial charge in [0.25, 0.3) is 0 Å². The molecule has 0 radical (unpaired) electrons. The first-order valence-corrected chi connectivity index (χ1v) is 4.89. The number of nitrogens with zero attached hydrogens (tertiary/aromatic N) is 1. The predicted octanol–water partition coefficient (Wildman–Crippen LogP) is 2.57. The van der Waals surface area contributed by atoms with E-state index >= 15 is 0 Å². The summed E-state index contributed by atoms with van der Waals surface area (Å²) < 4.78 is 5.26. The molecule has 0 amide bonds. The van der Waals surface area contributed by atoms with Crippen molar-refractivity contribution in [3.63, 3.8) is 0 Å². The molecule has 0 aliphatic rings. The van der Waals surface area contributed by atoms with Crippen LogP contribution >= 0.6 is 0 Å². The third kappa shape index (κ3) is 1.93. The highest BCUT2D eigenvalue weighted by Gasteiger charge is 2.06. The van der Waals surface area contributed by atoms with Crippen molar-refractivity contribution in [1.82, 2.24) is 4.98 Å². The molecule has 0 atom stereocenters. The van der Waals surface area contributed by atoms with E-state index in [0.29, 0.717) is 11.3 Å². The topological polar surface area (TPSA) is 39.2 Å². The summed E-state index contributed by atoms with van der Waals surface area (Å²) in [7, 11) is 1.59. The number of methoxy groups -OCH3 is 1. The molecule has 2 aromatic rings. The van der Waals surface area contributed by atoms with E-state index in [1.54, 1.807) is 31.6 Å². The van der Waals surface area contributed by atoms with E-state index < -0.39 is 0 Å². The molecule has 0 aliphatic carbocycles. The lowest BCUT2D eigenvalue weighted by Crippen LogP contribution is -1.90. The molecule has 1 heterocycles. The van der Waals surface area contributed by atoms with Crippen molar-refractivity contribution >= 4 is 6.29 Å². The number of hydrogen-bond donors (Lipinski definition) is 0. The molecule has 3 heteroatoms. The van der Waals surface area contributed by atoms with E-state index in [0.717, 1.165) is 17.4 Å². The number of pyridine rings is 1. The van der Waals surface area contributed by atoms with Gasteiger partial charge in [0.1, 0.15) is 12.0 Å². The van der Waals surface area contributed by atoms with E-state index in [9.17, 15) is 4.79 Å². The molecule has 0 saturated carbocycles. The van der Waals surface area contributed by atoms with Crippen molar-refractivity contribution in [2.24, 2.45) is 0 Å². The van der Waals surface area contributed by atoms with Crippen molar-refractivity contribution in [1.29, 1.82) is 0 Å². The first-order valence-electron chi connectivity index (χ1n) is 4.89. The minimum Gasteiger partial charge on any atom is -0.496 e. The molecule has 16 heavy (non-hydrogen) atoms. The molecule has 0 fully saturated rings. The molecule has 0 aliphatic heterocycles. The lowest BCUT2D eigenvalue weighted by atomic mass is 10.0. The Kier molecular flexibility index (Phi) is 2.96. The minimum absolute atomic E-state index is 0.601. The highest BCUT2D eigenvalue weighted by atomic mass is 16.5. The number of carbonyl (C=O) groups is 1. The van der Waals surface area contributed by atoms with Crippen LogP contribution in [0.25, 0.3) is 11.1 Å². The number of hydrogen-bond acceptors (Lipinski definition) is 3. The van der Waals surface area contributed by atoms with Gasteiger partial charge in [-0.3, -0.25) is 9.78 Å². The highest BCUT2D eigenvalue weighted by Crippen LogP contribution is 2.29. The Morgan fingerprint density at radius 2 is 2.19 bits per heavy atom. The van der Waals surface area contributed by atoms with Gasteiger partial charge in [-0.1, -0.05) is 12.1 Å². The van der Waals surface area contributed by atoms with Gasteiger partial charge >= 0.3 is 0 Å². The largest absolute Gasteiger partial charge is 0.496 e. The van der Waals surface area contributed by atoms with Crippen LogP contribution in [0, 0.1) is 0 Å². The second-order valence-corrected chi connectivity index (χ2v) is 3.32. The van der Waals surface area contributed by atoms with Crippen molar-refractivity contribution < 1.29 is 9.53 Å². The van der Waals surface area contributed by atoms with Gasteiger partial charge in [-0.15, -0.1) is 0 Å². The van der Waals surface area contributed by atoms with Crippen LogP contribution in [0.3, 0.4) is 0 Å². The smallest absolute Gasteiger partial charge is 0.150 e. The van der Waals surface area contributed by atoms with E-state index in [2.05, 4.69) is 4.98 Å². The van der Waals surface area contributed by atoms with Crippen molar-refractivity contribution in [2.75, 3.05) is 7.11 Å². The molecule has 0 bridgehead atoms. The Hall–Kier alpha value is -2.16. The van der Waals surface area contributed by atoms with Crippen molar-refractivity contribution in [3.8, 4) is 16.9 Å². The maximum absolute atomic E-state index is 10.7. The van der Waals surface area contributed by atoms with E-state index in [-0.39, 0.29) is 0 Å². The molecule has 1 aromatic heterocycles. The summed E-state index contributed by atoms with van der Waals surface area (Å²) in [6.07, 6.45) is 4.28. The van der Waals surface area contributed by atoms with Gasteiger partial charge in [-0.05, 0) is 18.2 Å². The standard InChI is InChI=1S/C13H11NO2/c1-16-13-7-10(9-15)4-5-12(13)11-3-2-6-14-8-11/h2-9H,1H3. The summed E-state index contributed by atoms with van der Waals surface area (Å²) in [5.74, 6) is 0.678. The second-order valence-electron chi connectivity index (χ2n) is 3.32. The molecule has 0 saturated heterocycles. The summed E-state index contributed by atoms with van der Waals surface area (Å²) >= 11 is 0. The average Bonchev–Trinajstić information content (AvgIpc) is 2.39. The van der Waals surface area contributed by atoms with Crippen LogP contribution in [0.15, 0.2) is 42.7 Å². The lowest BCUT2D eigenvalue weighted by molar-refractivity contribution is 0.112. The number of aldehydes is 1. The number of rotatable bonds is 3. The zero-order valence-corrected chi connectivity index (χ0v) is 8.88. The number of ether oxygens (including phenoxy) is 1. The average molecular weight is 213 g/mol. The van der Waals surface area contributed by atoms with Crippen LogP contribution in [0.5, 0.6) is 5.75 Å². The molecular formula is C13H11NO2. The molecule has 3 nitrogen and oxygen atoms in total. The van der Waals surface area contributed by atoms with Crippen LogP contribution in [0.1, 0.15) is 10.4 Å². The SMILES string of the molecule is COc1cc(C=O)ccc1-c1cccnc1. The quantitative estimate of drug-likeness (QED) is 0.735. The number of benzene rings is 1. The van der Waals surface area contributed by atoms with Crippen molar-refractivity contribution in [3.05, 3.63) is 48.3 Å². The van der Waals surface area contributed by atoms with Crippen LogP contribution in [0.4, 0.5) is 0 Å². The molecule has 80 valence electrons. The summed E-state index contributed by atoms with van der Waals surface area (Å²) in [5.41, 5.74) is 2.50. The first-order chi connectivity index (χ1) is 7.85. The Morgan fingerprint density at radius 1 is 1.31 bits per heavy atom. The van der Waals surface area contributed by atoms with Crippen LogP contribution in [-0.4, -0.2) is 18.4 Å². The van der Waals surface area contributed by atoms with E-state index in [1.807, 2.05) is 18.2 Å². The fourth-order valence-corrected chi connectivity index (χ4v) is 1.54. The van der Waals surface area contributed by atoms with Crippen LogP contribution in [-0.2, 0) is 0 Å². The molecule has 2 rings (SSSR count). The third-order valence-electron chi connectivity index (χ3n) is 2.33. The Bertz CT molecular complexity index is 495. The summed E-state index contributed by atoms with van der Waals surface area (Å²) in [6, 6.07) is 9.15. The predicted molar refractivity (Wildman–Crippen MR) is 61.6 cm³/mol. The summed E-state index contributed by atoms with van der Waals surface area (Å²) in [5, 5.41) is 0. The van der Waals surface area contributed by atoms with E-state index in [1.165, 1.54) is 0 Å². The fourth-order valence-electron chi connectivity index (χ4n) is 1.54. The Labute approximate surface area is 93.7 Å². The van der Waals surface area contributed by atoms with Gasteiger partial charge in [0.15, 0.2) is 0 Å². The lowest BCUT2D eigenvalue weighted by Gasteiger charge is -2.08.